The van der Waals surface area contributed by atoms with Crippen molar-refractivity contribution >= 4 is 44.3 Å². The second-order valence-corrected chi connectivity index (χ2v) is 5.85. The van der Waals surface area contributed by atoms with Gasteiger partial charge in [0, 0.05) is 13.6 Å². The number of halogens is 2. The van der Waals surface area contributed by atoms with Gasteiger partial charge in [0.2, 0.25) is 5.78 Å². The highest BCUT2D eigenvalue weighted by molar-refractivity contribution is 9.10. The van der Waals surface area contributed by atoms with Crippen LogP contribution in [0, 0.1) is 6.92 Å². The molecule has 0 unspecified atom stereocenters. The van der Waals surface area contributed by atoms with Crippen molar-refractivity contribution in [2.24, 2.45) is 7.05 Å². The smallest absolute Gasteiger partial charge is 0.215 e. The van der Waals surface area contributed by atoms with Crippen LogP contribution in [-0.4, -0.2) is 21.0 Å². The largest absolute Gasteiger partial charge is 0.315 e. The first-order valence-electron chi connectivity index (χ1n) is 6.00. The molecule has 2 aromatic heterocycles. The number of hydrogen-bond acceptors (Lipinski definition) is 2. The molecule has 100 valence electrons. The molecule has 3 aromatic rings. The van der Waals surface area contributed by atoms with Crippen molar-refractivity contribution in [1.29, 1.82) is 0 Å². The molecule has 1 N–H and O–H groups in total. The Hall–Kier alpha value is -1.04. The summed E-state index contributed by atoms with van der Waals surface area (Å²) in [5.41, 5.74) is 4.16. The Morgan fingerprint density at radius 1 is 1.42 bits per heavy atom. The fourth-order valence-electron chi connectivity index (χ4n) is 2.42. The molecule has 0 saturated carbocycles. The van der Waals surface area contributed by atoms with Gasteiger partial charge in [0.15, 0.2) is 0 Å². The van der Waals surface area contributed by atoms with Gasteiger partial charge in [0.25, 0.3) is 0 Å². The normalized spacial score (nSPS) is 11.8. The molecule has 0 spiro atoms. The van der Waals surface area contributed by atoms with Crippen LogP contribution < -0.4 is 5.32 Å². The van der Waals surface area contributed by atoms with E-state index >= 15 is 0 Å². The van der Waals surface area contributed by atoms with Crippen LogP contribution in [0.1, 0.15) is 11.3 Å². The Kier molecular flexibility index (Phi) is 3.08. The zero-order valence-corrected chi connectivity index (χ0v) is 13.3. The zero-order chi connectivity index (χ0) is 13.7. The van der Waals surface area contributed by atoms with Crippen LogP contribution in [0.5, 0.6) is 0 Å². The summed E-state index contributed by atoms with van der Waals surface area (Å²) in [5.74, 6) is 0.889. The lowest BCUT2D eigenvalue weighted by Gasteiger charge is -2.02. The van der Waals surface area contributed by atoms with E-state index in [4.69, 9.17) is 11.6 Å². The minimum Gasteiger partial charge on any atom is -0.315 e. The lowest BCUT2D eigenvalue weighted by molar-refractivity contribution is 0.738. The number of aromatic nitrogens is 3. The highest BCUT2D eigenvalue weighted by Gasteiger charge is 2.18. The fraction of sp³-hybridized carbons (Fsp3) is 0.308. The third-order valence-corrected chi connectivity index (χ3v) is 4.42. The minimum absolute atomic E-state index is 0.695. The molecule has 6 heteroatoms. The van der Waals surface area contributed by atoms with Crippen molar-refractivity contribution in [3.63, 3.8) is 0 Å². The van der Waals surface area contributed by atoms with Crippen LogP contribution in [0.2, 0.25) is 5.02 Å². The Balaban J connectivity index is 2.46. The van der Waals surface area contributed by atoms with Crippen LogP contribution in [0.3, 0.4) is 0 Å². The van der Waals surface area contributed by atoms with Crippen LogP contribution >= 0.6 is 27.5 Å². The summed E-state index contributed by atoms with van der Waals surface area (Å²) >= 11 is 9.96. The van der Waals surface area contributed by atoms with E-state index in [1.807, 2.05) is 27.1 Å². The molecule has 4 nitrogen and oxygen atoms in total. The summed E-state index contributed by atoms with van der Waals surface area (Å²) in [5, 5.41) is 3.86. The highest BCUT2D eigenvalue weighted by atomic mass is 79.9. The summed E-state index contributed by atoms with van der Waals surface area (Å²) in [6.45, 7) is 2.82. The van der Waals surface area contributed by atoms with Gasteiger partial charge in [-0.1, -0.05) is 11.6 Å². The number of fused-ring (bicyclic) bond motifs is 3. The molecular formula is C13H14BrClN4. The van der Waals surface area contributed by atoms with Crippen LogP contribution in [0.4, 0.5) is 0 Å². The van der Waals surface area contributed by atoms with Crippen LogP contribution in [-0.2, 0) is 13.6 Å². The van der Waals surface area contributed by atoms with Gasteiger partial charge in [-0.3, -0.25) is 4.40 Å². The van der Waals surface area contributed by atoms with Gasteiger partial charge in [0.05, 0.1) is 16.2 Å². The predicted molar refractivity (Wildman–Crippen MR) is 81.9 cm³/mol. The number of hydrogen-bond donors (Lipinski definition) is 1. The van der Waals surface area contributed by atoms with E-state index < -0.39 is 0 Å². The third kappa shape index (κ3) is 1.80. The predicted octanol–water partition coefficient (Wildman–Crippen LogP) is 3.27. The molecule has 0 aliphatic heterocycles. The summed E-state index contributed by atoms with van der Waals surface area (Å²) in [6, 6.07) is 4.05. The minimum atomic E-state index is 0.695. The molecule has 0 fully saturated rings. The summed E-state index contributed by atoms with van der Waals surface area (Å²) < 4.78 is 5.19. The Labute approximate surface area is 124 Å². The molecule has 3 rings (SSSR count). The molecular weight excluding hydrogens is 328 g/mol. The molecule has 0 saturated heterocycles. The van der Waals surface area contributed by atoms with E-state index in [-0.39, 0.29) is 0 Å². The molecule has 0 aliphatic carbocycles. The van der Waals surface area contributed by atoms with Crippen LogP contribution in [0.15, 0.2) is 16.7 Å². The van der Waals surface area contributed by atoms with Gasteiger partial charge in [-0.15, -0.1) is 0 Å². The average Bonchev–Trinajstić information content (AvgIpc) is 2.82. The van der Waals surface area contributed by atoms with Gasteiger partial charge < -0.3 is 9.88 Å². The number of imidazole rings is 2. The number of nitrogens with zero attached hydrogens (tertiary/aromatic N) is 3. The molecule has 2 heterocycles. The molecule has 0 atom stereocenters. The number of rotatable bonds is 2. The first-order valence-corrected chi connectivity index (χ1v) is 7.17. The average molecular weight is 342 g/mol. The van der Waals surface area contributed by atoms with Crippen molar-refractivity contribution in [3.8, 4) is 0 Å². The van der Waals surface area contributed by atoms with Crippen molar-refractivity contribution in [2.45, 2.75) is 13.5 Å². The Bertz CT molecular complexity index is 787. The van der Waals surface area contributed by atoms with E-state index in [9.17, 15) is 0 Å². The van der Waals surface area contributed by atoms with Crippen molar-refractivity contribution < 1.29 is 0 Å². The summed E-state index contributed by atoms with van der Waals surface area (Å²) in [4.78, 5) is 4.66. The van der Waals surface area contributed by atoms with Crippen molar-refractivity contribution in [2.75, 3.05) is 7.05 Å². The summed E-state index contributed by atoms with van der Waals surface area (Å²) in [6.07, 6.45) is 0. The van der Waals surface area contributed by atoms with Gasteiger partial charge in [-0.2, -0.15) is 0 Å². The standard InChI is InChI=1S/C13H14BrClN4/c1-7-4-8(15)11-9(5-7)19-12(14)10(6-16-2)18(3)13(19)17-11/h4-5,16H,6H2,1-3H3. The highest BCUT2D eigenvalue weighted by Crippen LogP contribution is 2.31. The fourth-order valence-corrected chi connectivity index (χ4v) is 3.49. The van der Waals surface area contributed by atoms with Crippen LogP contribution in [0.25, 0.3) is 16.8 Å². The van der Waals surface area contributed by atoms with E-state index in [0.717, 1.165) is 39.2 Å². The van der Waals surface area contributed by atoms with Gasteiger partial charge in [-0.05, 0) is 47.6 Å². The molecule has 0 radical (unpaired) electrons. The van der Waals surface area contributed by atoms with Crippen molar-refractivity contribution in [1.82, 2.24) is 19.3 Å². The second-order valence-electron chi connectivity index (χ2n) is 4.69. The molecule has 0 bridgehead atoms. The topological polar surface area (TPSA) is 34.3 Å². The van der Waals surface area contributed by atoms with E-state index in [0.29, 0.717) is 5.02 Å². The first-order chi connectivity index (χ1) is 9.04. The van der Waals surface area contributed by atoms with E-state index in [1.165, 1.54) is 0 Å². The molecule has 1 aromatic carbocycles. The molecule has 19 heavy (non-hydrogen) atoms. The quantitative estimate of drug-likeness (QED) is 0.776. The Morgan fingerprint density at radius 2 is 2.16 bits per heavy atom. The SMILES string of the molecule is CNCc1c(Br)n2c3cc(C)cc(Cl)c3nc2n1C. The van der Waals surface area contributed by atoms with Gasteiger partial charge in [0.1, 0.15) is 10.1 Å². The number of aryl methyl sites for hydroxylation is 2. The Morgan fingerprint density at radius 3 is 2.84 bits per heavy atom. The maximum atomic E-state index is 6.28. The molecule has 0 aliphatic rings. The first kappa shape index (κ1) is 13.0. The second kappa shape index (κ2) is 4.51. The zero-order valence-electron chi connectivity index (χ0n) is 11.0. The maximum absolute atomic E-state index is 6.28. The number of nitrogens with one attached hydrogen (secondary N) is 1. The monoisotopic (exact) mass is 340 g/mol. The third-order valence-electron chi connectivity index (χ3n) is 3.32. The van der Waals surface area contributed by atoms with Crippen molar-refractivity contribution in [3.05, 3.63) is 33.0 Å². The maximum Gasteiger partial charge on any atom is 0.215 e. The lowest BCUT2D eigenvalue weighted by Crippen LogP contribution is -2.09. The molecule has 0 amide bonds. The summed E-state index contributed by atoms with van der Waals surface area (Å²) in [7, 11) is 3.95. The van der Waals surface area contributed by atoms with E-state index in [1.54, 1.807) is 0 Å². The van der Waals surface area contributed by atoms with E-state index in [2.05, 4.69) is 41.3 Å². The number of benzene rings is 1. The lowest BCUT2D eigenvalue weighted by atomic mass is 10.2. The van der Waals surface area contributed by atoms with Gasteiger partial charge in [-0.25, -0.2) is 4.98 Å². The van der Waals surface area contributed by atoms with Gasteiger partial charge >= 0.3 is 0 Å².